The molecule has 0 aliphatic heterocycles. The van der Waals surface area contributed by atoms with Crippen LogP contribution in [-0.2, 0) is 20.8 Å². The summed E-state index contributed by atoms with van der Waals surface area (Å²) in [6.45, 7) is 1.28. The number of rotatable bonds is 10. The molecule has 2 rings (SSSR count). The molecule has 13 heteroatoms. The van der Waals surface area contributed by atoms with Crippen molar-refractivity contribution in [2.45, 2.75) is 25.7 Å². The van der Waals surface area contributed by atoms with Gasteiger partial charge in [0.1, 0.15) is 17.5 Å². The van der Waals surface area contributed by atoms with Gasteiger partial charge in [0, 0.05) is 0 Å². The zero-order chi connectivity index (χ0) is 24.0. The van der Waals surface area contributed by atoms with Gasteiger partial charge in [-0.3, -0.25) is 9.63 Å². The molecule has 2 aromatic rings. The highest BCUT2D eigenvalue weighted by atomic mass is 127. The van der Waals surface area contributed by atoms with Gasteiger partial charge in [-0.05, 0) is 141 Å². The Balaban J connectivity index is 2.18. The van der Waals surface area contributed by atoms with Crippen LogP contribution in [0.15, 0.2) is 24.3 Å². The lowest BCUT2D eigenvalue weighted by atomic mass is 10.1. The van der Waals surface area contributed by atoms with Crippen molar-refractivity contribution < 1.29 is 28.9 Å². The van der Waals surface area contributed by atoms with Crippen molar-refractivity contribution >= 4 is 96.3 Å². The van der Waals surface area contributed by atoms with E-state index in [4.69, 9.17) is 14.2 Å². The van der Waals surface area contributed by atoms with Gasteiger partial charge in [-0.2, -0.15) is 0 Å². The van der Waals surface area contributed by atoms with Crippen LogP contribution in [0.4, 0.5) is 0 Å². The average molecular weight is 894 g/mol. The van der Waals surface area contributed by atoms with E-state index in [1.165, 1.54) is 6.92 Å². The number of esters is 1. The summed E-state index contributed by atoms with van der Waals surface area (Å²) in [6.07, 6.45) is -0.968. The second-order valence-electron chi connectivity index (χ2n) is 6.29. The molecule has 0 aliphatic rings. The zero-order valence-corrected chi connectivity index (χ0v) is 25.6. The van der Waals surface area contributed by atoms with Crippen molar-refractivity contribution in [3.8, 4) is 17.2 Å². The van der Waals surface area contributed by atoms with Crippen molar-refractivity contribution in [1.29, 1.82) is 0 Å². The van der Waals surface area contributed by atoms with Crippen molar-refractivity contribution in [3.05, 3.63) is 54.2 Å². The number of nitrogens with zero attached hydrogens (tertiary/aromatic N) is 1. The normalized spacial score (nSPS) is 12.6. The molecule has 0 aliphatic carbocycles. The Morgan fingerprint density at radius 1 is 1.06 bits per heavy atom. The second-order valence-corrected chi connectivity index (χ2v) is 10.9. The fourth-order valence-corrected chi connectivity index (χ4v) is 6.93. The molecular weight excluding hydrogens is 876 g/mol. The molecule has 0 spiro atoms. The number of methoxy groups -OCH3 is 1. The third-order valence-corrected chi connectivity index (χ3v) is 7.25. The second kappa shape index (κ2) is 12.9. The summed E-state index contributed by atoms with van der Waals surface area (Å²) in [5, 5.41) is 12.3. The Morgan fingerprint density at radius 3 is 2.06 bits per heavy atom. The largest absolute Gasteiger partial charge is 0.495 e. The van der Waals surface area contributed by atoms with E-state index in [0.717, 1.165) is 25.6 Å². The molecule has 0 fully saturated rings. The van der Waals surface area contributed by atoms with Gasteiger partial charge in [0.05, 0.1) is 21.4 Å². The van der Waals surface area contributed by atoms with Gasteiger partial charge in [-0.15, -0.1) is 10.1 Å². The number of benzene rings is 2. The molecule has 0 heterocycles. The number of ether oxygens (including phenoxy) is 3. The molecule has 9 nitrogen and oxygen atoms in total. The van der Waals surface area contributed by atoms with Gasteiger partial charge in [0.15, 0.2) is 5.75 Å². The van der Waals surface area contributed by atoms with Crippen molar-refractivity contribution in [2.75, 3.05) is 14.2 Å². The molecule has 1 unspecified atom stereocenters. The molecule has 0 aromatic heterocycles. The van der Waals surface area contributed by atoms with E-state index in [0.29, 0.717) is 17.9 Å². The first kappa shape index (κ1) is 27.8. The fourth-order valence-electron chi connectivity index (χ4n) is 2.66. The first-order valence-corrected chi connectivity index (χ1v) is 13.2. The molecule has 0 bridgehead atoms. The Kier molecular flexibility index (Phi) is 11.2. The van der Waals surface area contributed by atoms with Crippen LogP contribution in [-0.4, -0.2) is 37.5 Å². The summed E-state index contributed by atoms with van der Waals surface area (Å²) in [7, 11) is 3.25. The quantitative estimate of drug-likeness (QED) is 0.115. The van der Waals surface area contributed by atoms with E-state index in [9.17, 15) is 14.9 Å². The summed E-state index contributed by atoms with van der Waals surface area (Å²) in [5.74, 6) is 1.57. The van der Waals surface area contributed by atoms with Gasteiger partial charge < -0.3 is 19.5 Å². The minimum atomic E-state index is -1.29. The minimum Gasteiger partial charge on any atom is -0.495 e. The molecule has 2 aromatic carbocycles. The van der Waals surface area contributed by atoms with Crippen LogP contribution in [0, 0.1) is 24.4 Å². The lowest BCUT2D eigenvalue weighted by molar-refractivity contribution is -0.777. The SMILES string of the molecule is CN[C@@H](Cc1cc(I)c(Oc2cc(I)c(OC)c(I)c2)c(I)c1)C(=O)OC(C)O[N+](=O)[O-]. The zero-order valence-electron chi connectivity index (χ0n) is 17.0. The number of likely N-dealkylation sites (N-methyl/N-ethyl adjacent to an activating group) is 1. The summed E-state index contributed by atoms with van der Waals surface area (Å²) in [6, 6.07) is 6.96. The monoisotopic (exact) mass is 894 g/mol. The van der Waals surface area contributed by atoms with Crippen LogP contribution >= 0.6 is 90.4 Å². The minimum absolute atomic E-state index is 0.325. The maximum atomic E-state index is 12.3. The Bertz CT molecular complexity index is 960. The van der Waals surface area contributed by atoms with Crippen molar-refractivity contribution in [1.82, 2.24) is 5.32 Å². The molecule has 0 radical (unpaired) electrons. The lowest BCUT2D eigenvalue weighted by Crippen LogP contribution is -2.39. The summed E-state index contributed by atoms with van der Waals surface area (Å²) >= 11 is 8.79. The van der Waals surface area contributed by atoms with Crippen LogP contribution in [0.1, 0.15) is 12.5 Å². The fraction of sp³-hybridized carbons (Fsp3) is 0.316. The Hall–Kier alpha value is -0.410. The number of nitrogens with one attached hydrogen (secondary N) is 1. The van der Waals surface area contributed by atoms with Gasteiger partial charge in [-0.25, -0.2) is 0 Å². The highest BCUT2D eigenvalue weighted by Gasteiger charge is 2.23. The number of halogens is 4. The van der Waals surface area contributed by atoms with Gasteiger partial charge >= 0.3 is 5.97 Å². The van der Waals surface area contributed by atoms with E-state index in [1.807, 2.05) is 24.3 Å². The van der Waals surface area contributed by atoms with Crippen LogP contribution in [0.5, 0.6) is 17.2 Å². The smallest absolute Gasteiger partial charge is 0.325 e. The van der Waals surface area contributed by atoms with Gasteiger partial charge in [0.25, 0.3) is 5.09 Å². The molecule has 1 N–H and O–H groups in total. The van der Waals surface area contributed by atoms with Crippen molar-refractivity contribution in [2.24, 2.45) is 0 Å². The summed E-state index contributed by atoms with van der Waals surface area (Å²) in [5.41, 5.74) is 0.879. The number of carbonyl (C=O) groups is 1. The standard InChI is InChI=1S/C19H18I4N2O7/c1-9(32-25(27)28)30-19(26)16(24-2)6-10-4-12(20)18(13(21)5-10)31-11-7-14(22)17(29-3)15(23)8-11/h4-5,7-9,16,24H,6H2,1-3H3/t9?,16-/m0/s1. The first-order valence-electron chi connectivity index (χ1n) is 8.93. The number of hydrogen-bond donors (Lipinski definition) is 1. The van der Waals surface area contributed by atoms with Gasteiger partial charge in [0.2, 0.25) is 6.29 Å². The van der Waals surface area contributed by atoms with Crippen LogP contribution in [0.2, 0.25) is 0 Å². The van der Waals surface area contributed by atoms with E-state index in [2.05, 4.69) is 101 Å². The maximum absolute atomic E-state index is 12.3. The first-order chi connectivity index (χ1) is 15.0. The van der Waals surface area contributed by atoms with Crippen LogP contribution in [0.25, 0.3) is 0 Å². The highest BCUT2D eigenvalue weighted by molar-refractivity contribution is 14.1. The van der Waals surface area contributed by atoms with Crippen LogP contribution < -0.4 is 14.8 Å². The average Bonchev–Trinajstić information content (AvgIpc) is 2.68. The molecular formula is C19H18I4N2O7. The number of hydrogen-bond acceptors (Lipinski definition) is 8. The number of carbonyl (C=O) groups excluding carboxylic acids is 1. The van der Waals surface area contributed by atoms with Crippen LogP contribution in [0.3, 0.4) is 0 Å². The summed E-state index contributed by atoms with van der Waals surface area (Å²) in [4.78, 5) is 27.0. The molecule has 32 heavy (non-hydrogen) atoms. The van der Waals surface area contributed by atoms with E-state index < -0.39 is 23.4 Å². The molecule has 2 atom stereocenters. The maximum Gasteiger partial charge on any atom is 0.325 e. The Labute approximate surface area is 239 Å². The lowest BCUT2D eigenvalue weighted by Gasteiger charge is -2.19. The molecule has 174 valence electrons. The third kappa shape index (κ3) is 7.83. The molecule has 0 amide bonds. The predicted octanol–water partition coefficient (Wildman–Crippen LogP) is 5.13. The third-order valence-electron chi connectivity index (χ3n) is 4.04. The Morgan fingerprint density at radius 2 is 1.59 bits per heavy atom. The van der Waals surface area contributed by atoms with E-state index in [-0.39, 0.29) is 0 Å². The molecule has 0 saturated carbocycles. The van der Waals surface area contributed by atoms with Gasteiger partial charge in [-0.1, -0.05) is 0 Å². The van der Waals surface area contributed by atoms with E-state index in [1.54, 1.807) is 14.2 Å². The summed E-state index contributed by atoms with van der Waals surface area (Å²) < 4.78 is 20.2. The van der Waals surface area contributed by atoms with Crippen molar-refractivity contribution in [3.63, 3.8) is 0 Å². The molecule has 0 saturated heterocycles. The topological polar surface area (TPSA) is 109 Å². The van der Waals surface area contributed by atoms with E-state index >= 15 is 0 Å². The predicted molar refractivity (Wildman–Crippen MR) is 151 cm³/mol. The highest BCUT2D eigenvalue weighted by Crippen LogP contribution is 2.37.